The third kappa shape index (κ3) is 3.41. The van der Waals surface area contributed by atoms with Crippen LogP contribution < -0.4 is 10.6 Å². The van der Waals surface area contributed by atoms with Crippen molar-refractivity contribution in [2.75, 3.05) is 11.9 Å². The van der Waals surface area contributed by atoms with Crippen LogP contribution in [-0.2, 0) is 9.59 Å². The largest absolute Gasteiger partial charge is 0.478 e. The Hall–Kier alpha value is -2.37. The summed E-state index contributed by atoms with van der Waals surface area (Å²) < 4.78 is 0. The molecule has 0 fully saturated rings. The van der Waals surface area contributed by atoms with Crippen LogP contribution >= 0.6 is 0 Å². The number of carboxylic acid groups (broad SMARTS) is 1. The van der Waals surface area contributed by atoms with Gasteiger partial charge in [0.25, 0.3) is 0 Å². The van der Waals surface area contributed by atoms with Crippen molar-refractivity contribution < 1.29 is 19.5 Å². The van der Waals surface area contributed by atoms with E-state index < -0.39 is 5.97 Å². The molecule has 3 N–H and O–H groups in total. The summed E-state index contributed by atoms with van der Waals surface area (Å²) in [5.41, 5.74) is 0.617. The van der Waals surface area contributed by atoms with Crippen molar-refractivity contribution in [2.24, 2.45) is 0 Å². The van der Waals surface area contributed by atoms with Gasteiger partial charge in [-0.25, -0.2) is 4.79 Å². The van der Waals surface area contributed by atoms with Gasteiger partial charge in [0.15, 0.2) is 0 Å². The van der Waals surface area contributed by atoms with Crippen LogP contribution in [0.1, 0.15) is 10.4 Å². The number of rotatable bonds is 5. The number of amides is 2. The van der Waals surface area contributed by atoms with Crippen molar-refractivity contribution in [2.45, 2.75) is 0 Å². The van der Waals surface area contributed by atoms with E-state index in [4.69, 9.17) is 5.11 Å². The van der Waals surface area contributed by atoms with Crippen LogP contribution in [0.2, 0.25) is 0 Å². The average Bonchev–Trinajstić information content (AvgIpc) is 2.27. The molecule has 6 heteroatoms. The highest BCUT2D eigenvalue weighted by Gasteiger charge is 2.03. The maximum absolute atomic E-state index is 11.1. The highest BCUT2D eigenvalue weighted by molar-refractivity contribution is 5.94. The summed E-state index contributed by atoms with van der Waals surface area (Å²) in [6, 6.07) is 5.71. The monoisotopic (exact) mass is 222 g/mol. The second-order valence-electron chi connectivity index (χ2n) is 2.93. The summed E-state index contributed by atoms with van der Waals surface area (Å²) in [7, 11) is 0. The molecule has 0 spiro atoms. The van der Waals surface area contributed by atoms with Gasteiger partial charge in [-0.1, -0.05) is 0 Å². The number of carbonyl (C=O) groups excluding carboxylic acids is 2. The number of hydrogen-bond donors (Lipinski definition) is 3. The van der Waals surface area contributed by atoms with Crippen LogP contribution in [0.4, 0.5) is 5.69 Å². The molecule has 1 aromatic rings. The Morgan fingerprint density at radius 3 is 2.38 bits per heavy atom. The maximum atomic E-state index is 11.1. The quantitative estimate of drug-likeness (QED) is 0.614. The van der Waals surface area contributed by atoms with Gasteiger partial charge in [-0.3, -0.25) is 9.59 Å². The van der Waals surface area contributed by atoms with E-state index in [1.54, 1.807) is 0 Å². The van der Waals surface area contributed by atoms with E-state index in [1.165, 1.54) is 24.3 Å². The lowest BCUT2D eigenvalue weighted by molar-refractivity contribution is -0.118. The van der Waals surface area contributed by atoms with Crippen LogP contribution in [0.5, 0.6) is 0 Å². The first kappa shape index (κ1) is 11.7. The van der Waals surface area contributed by atoms with E-state index >= 15 is 0 Å². The summed E-state index contributed by atoms with van der Waals surface area (Å²) in [4.78, 5) is 31.6. The summed E-state index contributed by atoms with van der Waals surface area (Å²) in [6.45, 7) is -0.121. The third-order valence-corrected chi connectivity index (χ3v) is 1.76. The van der Waals surface area contributed by atoms with E-state index in [0.29, 0.717) is 12.1 Å². The topological polar surface area (TPSA) is 95.5 Å². The normalized spacial score (nSPS) is 9.25. The number of carboxylic acids is 1. The Morgan fingerprint density at radius 2 is 1.88 bits per heavy atom. The molecule has 1 rings (SSSR count). The molecule has 0 atom stereocenters. The van der Waals surface area contributed by atoms with Crippen LogP contribution in [0, 0.1) is 0 Å². The van der Waals surface area contributed by atoms with Crippen molar-refractivity contribution in [1.29, 1.82) is 0 Å². The standard InChI is InChI=1S/C10H10N2O4/c13-6-11-5-9(14)12-8-3-1-7(2-4-8)10(15)16/h1-4,6H,5H2,(H,11,13)(H,12,14)(H,15,16). The highest BCUT2D eigenvalue weighted by atomic mass is 16.4. The van der Waals surface area contributed by atoms with Gasteiger partial charge >= 0.3 is 5.97 Å². The Bertz CT molecular complexity index is 400. The molecule has 0 aliphatic rings. The van der Waals surface area contributed by atoms with Gasteiger partial charge in [-0.05, 0) is 24.3 Å². The fourth-order valence-electron chi connectivity index (χ4n) is 1.04. The van der Waals surface area contributed by atoms with E-state index in [0.717, 1.165) is 0 Å². The van der Waals surface area contributed by atoms with Gasteiger partial charge in [0.05, 0.1) is 12.1 Å². The molecule has 2 amide bonds. The van der Waals surface area contributed by atoms with Gasteiger partial charge in [0.2, 0.25) is 12.3 Å². The molecule has 84 valence electrons. The average molecular weight is 222 g/mol. The minimum absolute atomic E-state index is 0.121. The molecule has 1 aromatic carbocycles. The first-order valence-corrected chi connectivity index (χ1v) is 4.43. The van der Waals surface area contributed by atoms with Crippen LogP contribution in [0.15, 0.2) is 24.3 Å². The van der Waals surface area contributed by atoms with Crippen molar-refractivity contribution in [3.8, 4) is 0 Å². The number of benzene rings is 1. The lowest BCUT2D eigenvalue weighted by atomic mass is 10.2. The molecule has 0 aromatic heterocycles. The zero-order valence-corrected chi connectivity index (χ0v) is 8.27. The lowest BCUT2D eigenvalue weighted by Gasteiger charge is -2.04. The van der Waals surface area contributed by atoms with E-state index in [2.05, 4.69) is 10.6 Å². The number of hydrogen-bond acceptors (Lipinski definition) is 3. The molecule has 0 aliphatic carbocycles. The van der Waals surface area contributed by atoms with Crippen molar-refractivity contribution in [3.63, 3.8) is 0 Å². The molecule has 6 nitrogen and oxygen atoms in total. The van der Waals surface area contributed by atoms with Gasteiger partial charge < -0.3 is 15.7 Å². The summed E-state index contributed by atoms with van der Waals surface area (Å²) in [5.74, 6) is -1.41. The van der Waals surface area contributed by atoms with Crippen molar-refractivity contribution in [1.82, 2.24) is 5.32 Å². The van der Waals surface area contributed by atoms with Gasteiger partial charge in [-0.15, -0.1) is 0 Å². The number of anilines is 1. The molecule has 0 saturated carbocycles. The van der Waals surface area contributed by atoms with E-state index in [1.807, 2.05) is 0 Å². The summed E-state index contributed by atoms with van der Waals surface area (Å²) in [5, 5.41) is 13.3. The minimum atomic E-state index is -1.03. The van der Waals surface area contributed by atoms with E-state index in [-0.39, 0.29) is 18.0 Å². The minimum Gasteiger partial charge on any atom is -0.478 e. The molecule has 0 bridgehead atoms. The Labute approximate surface area is 91.3 Å². The second kappa shape index (κ2) is 5.50. The zero-order valence-electron chi connectivity index (χ0n) is 8.27. The van der Waals surface area contributed by atoms with Gasteiger partial charge in [0.1, 0.15) is 0 Å². The van der Waals surface area contributed by atoms with Gasteiger partial charge in [0, 0.05) is 5.69 Å². The van der Waals surface area contributed by atoms with Crippen LogP contribution in [0.25, 0.3) is 0 Å². The lowest BCUT2D eigenvalue weighted by Crippen LogP contribution is -2.26. The molecule has 0 unspecified atom stereocenters. The predicted molar refractivity (Wildman–Crippen MR) is 56.1 cm³/mol. The van der Waals surface area contributed by atoms with Gasteiger partial charge in [-0.2, -0.15) is 0 Å². The summed E-state index contributed by atoms with van der Waals surface area (Å²) in [6.07, 6.45) is 0.424. The predicted octanol–water partition coefficient (Wildman–Crippen LogP) is 0.0693. The van der Waals surface area contributed by atoms with Crippen molar-refractivity contribution in [3.05, 3.63) is 29.8 Å². The number of carbonyl (C=O) groups is 3. The summed E-state index contributed by atoms with van der Waals surface area (Å²) >= 11 is 0. The molecular formula is C10H10N2O4. The molecule has 0 saturated heterocycles. The fourth-order valence-corrected chi connectivity index (χ4v) is 1.04. The Kier molecular flexibility index (Phi) is 4.02. The second-order valence-corrected chi connectivity index (χ2v) is 2.93. The van der Waals surface area contributed by atoms with Crippen LogP contribution in [0.3, 0.4) is 0 Å². The number of nitrogens with one attached hydrogen (secondary N) is 2. The third-order valence-electron chi connectivity index (χ3n) is 1.76. The first-order chi connectivity index (χ1) is 7.63. The van der Waals surface area contributed by atoms with Crippen molar-refractivity contribution >= 4 is 24.0 Å². The molecule has 0 heterocycles. The smallest absolute Gasteiger partial charge is 0.335 e. The zero-order chi connectivity index (χ0) is 12.0. The maximum Gasteiger partial charge on any atom is 0.335 e. The Morgan fingerprint density at radius 1 is 1.25 bits per heavy atom. The Balaban J connectivity index is 2.58. The SMILES string of the molecule is O=CNCC(=O)Nc1ccc(C(=O)O)cc1. The fraction of sp³-hybridized carbons (Fsp3) is 0.100. The highest BCUT2D eigenvalue weighted by Crippen LogP contribution is 2.09. The van der Waals surface area contributed by atoms with E-state index in [9.17, 15) is 14.4 Å². The van der Waals surface area contributed by atoms with Crippen LogP contribution in [-0.4, -0.2) is 29.9 Å². The molecule has 0 radical (unpaired) electrons. The molecular weight excluding hydrogens is 212 g/mol. The number of aromatic carboxylic acids is 1. The first-order valence-electron chi connectivity index (χ1n) is 4.43. The molecule has 16 heavy (non-hydrogen) atoms. The molecule has 0 aliphatic heterocycles.